The van der Waals surface area contributed by atoms with Crippen LogP contribution in [0.2, 0.25) is 0 Å². The Morgan fingerprint density at radius 1 is 1.19 bits per heavy atom. The molecule has 3 aromatic rings. The van der Waals surface area contributed by atoms with E-state index < -0.39 is 18.1 Å². The first-order chi connectivity index (χ1) is 14.8. The molecule has 0 saturated heterocycles. The third-order valence-electron chi connectivity index (χ3n) is 5.39. The summed E-state index contributed by atoms with van der Waals surface area (Å²) in [6, 6.07) is 10.2. The number of halogens is 3. The number of hydrogen-bond acceptors (Lipinski definition) is 4. The summed E-state index contributed by atoms with van der Waals surface area (Å²) >= 11 is 1.13. The summed E-state index contributed by atoms with van der Waals surface area (Å²) in [5.41, 5.74) is 1.33. The summed E-state index contributed by atoms with van der Waals surface area (Å²) in [5, 5.41) is 0.773. The van der Waals surface area contributed by atoms with Gasteiger partial charge in [-0.3, -0.25) is 4.79 Å². The fourth-order valence-electron chi connectivity index (χ4n) is 3.97. The molecule has 1 atom stereocenters. The minimum atomic E-state index is -4.59. The van der Waals surface area contributed by atoms with E-state index in [-0.39, 0.29) is 18.0 Å². The van der Waals surface area contributed by atoms with E-state index in [1.807, 2.05) is 0 Å². The second-order valence-electron chi connectivity index (χ2n) is 7.15. The third-order valence-corrected chi connectivity index (χ3v) is 6.41. The number of carbonyl (C=O) groups excluding carboxylic acids is 1. The number of ether oxygens (including phenoxy) is 2. The number of aromatic nitrogens is 1. The van der Waals surface area contributed by atoms with Crippen LogP contribution in [0, 0.1) is 0 Å². The molecule has 0 fully saturated rings. The number of thioether (sulfide) groups is 1. The van der Waals surface area contributed by atoms with Crippen LogP contribution in [-0.2, 0) is 11.2 Å². The molecule has 1 aliphatic rings. The summed E-state index contributed by atoms with van der Waals surface area (Å²) in [6.07, 6.45) is -4.23. The number of H-pyrrole nitrogens is 1. The lowest BCUT2D eigenvalue weighted by molar-refractivity contribution is -0.193. The Morgan fingerprint density at radius 2 is 1.97 bits per heavy atom. The van der Waals surface area contributed by atoms with Gasteiger partial charge in [-0.2, -0.15) is 13.2 Å². The first-order valence-electron chi connectivity index (χ1n) is 9.64. The van der Waals surface area contributed by atoms with Crippen molar-refractivity contribution >= 4 is 28.6 Å². The minimum absolute atomic E-state index is 0.00760. The van der Waals surface area contributed by atoms with E-state index >= 15 is 0 Å². The van der Waals surface area contributed by atoms with E-state index in [1.165, 1.54) is 14.2 Å². The molecule has 1 N–H and O–H groups in total. The molecule has 0 spiro atoms. The number of alkyl halides is 3. The number of amides is 1. The minimum Gasteiger partial charge on any atom is -0.497 e. The zero-order valence-corrected chi connectivity index (χ0v) is 17.8. The fraction of sp³-hybridized carbons (Fsp3) is 0.318. The topological polar surface area (TPSA) is 54.6 Å². The number of para-hydroxylation sites is 1. The van der Waals surface area contributed by atoms with Gasteiger partial charge in [-0.1, -0.05) is 18.2 Å². The van der Waals surface area contributed by atoms with Crippen molar-refractivity contribution in [2.45, 2.75) is 23.5 Å². The van der Waals surface area contributed by atoms with Gasteiger partial charge in [0.2, 0.25) is 5.91 Å². The van der Waals surface area contributed by atoms with E-state index in [9.17, 15) is 18.0 Å². The van der Waals surface area contributed by atoms with Crippen LogP contribution in [-0.4, -0.2) is 48.5 Å². The molecule has 0 unspecified atom stereocenters. The van der Waals surface area contributed by atoms with Crippen molar-refractivity contribution in [2.24, 2.45) is 0 Å². The van der Waals surface area contributed by atoms with Gasteiger partial charge < -0.3 is 19.4 Å². The van der Waals surface area contributed by atoms with E-state index in [0.29, 0.717) is 33.9 Å². The van der Waals surface area contributed by atoms with Gasteiger partial charge in [0.05, 0.1) is 30.6 Å². The van der Waals surface area contributed by atoms with Gasteiger partial charge in [-0.15, -0.1) is 11.8 Å². The van der Waals surface area contributed by atoms with Gasteiger partial charge in [0.25, 0.3) is 0 Å². The summed E-state index contributed by atoms with van der Waals surface area (Å²) in [4.78, 5) is 17.4. The molecular formula is C22H21F3N2O3S. The number of methoxy groups -OCH3 is 2. The Hall–Kier alpha value is -2.81. The number of hydrogen-bond donors (Lipinski definition) is 1. The van der Waals surface area contributed by atoms with Gasteiger partial charge in [-0.05, 0) is 36.2 Å². The number of rotatable bonds is 5. The van der Waals surface area contributed by atoms with Crippen molar-refractivity contribution in [1.29, 1.82) is 0 Å². The third kappa shape index (κ3) is 4.06. The molecular weight excluding hydrogens is 429 g/mol. The predicted molar refractivity (Wildman–Crippen MR) is 113 cm³/mol. The van der Waals surface area contributed by atoms with E-state index in [0.717, 1.165) is 22.0 Å². The average molecular weight is 450 g/mol. The number of carbonyl (C=O) groups is 1. The first kappa shape index (κ1) is 21.4. The highest BCUT2D eigenvalue weighted by Crippen LogP contribution is 2.44. The van der Waals surface area contributed by atoms with Crippen LogP contribution in [0.25, 0.3) is 10.9 Å². The van der Waals surface area contributed by atoms with Gasteiger partial charge >= 0.3 is 6.18 Å². The molecule has 0 aliphatic carbocycles. The van der Waals surface area contributed by atoms with E-state index in [4.69, 9.17) is 9.47 Å². The molecule has 0 saturated carbocycles. The molecule has 164 valence electrons. The Balaban J connectivity index is 1.61. The predicted octanol–water partition coefficient (Wildman–Crippen LogP) is 4.97. The molecule has 0 radical (unpaired) electrons. The number of benzene rings is 2. The Labute approximate surface area is 181 Å². The van der Waals surface area contributed by atoms with Crippen LogP contribution >= 0.6 is 11.8 Å². The standard InChI is InChI=1S/C22H21F3N2O3S/c1-29-13-7-8-17(30-2)18(11-13)31-12-19(28)27-10-9-15-14-5-3-4-6-16(14)26-20(15)21(27)22(23,24)25/h3-8,11,21,26H,9-10,12H2,1-2H3/t21-/m0/s1. The fourth-order valence-corrected chi connectivity index (χ4v) is 4.91. The van der Waals surface area contributed by atoms with E-state index in [1.54, 1.807) is 42.5 Å². The highest BCUT2D eigenvalue weighted by molar-refractivity contribution is 8.00. The summed E-state index contributed by atoms with van der Waals surface area (Å²) < 4.78 is 52.7. The maximum absolute atomic E-state index is 14.1. The molecule has 1 aromatic heterocycles. The summed E-state index contributed by atoms with van der Waals surface area (Å²) in [6.45, 7) is 0.00760. The Morgan fingerprint density at radius 3 is 2.68 bits per heavy atom. The normalized spacial score (nSPS) is 16.3. The van der Waals surface area contributed by atoms with Crippen LogP contribution in [0.15, 0.2) is 47.4 Å². The molecule has 0 bridgehead atoms. The molecule has 9 heteroatoms. The lowest BCUT2D eigenvalue weighted by Gasteiger charge is -2.36. The first-order valence-corrected chi connectivity index (χ1v) is 10.6. The van der Waals surface area contributed by atoms with Gasteiger partial charge in [0.1, 0.15) is 11.5 Å². The van der Waals surface area contributed by atoms with Crippen molar-refractivity contribution < 1.29 is 27.4 Å². The van der Waals surface area contributed by atoms with Crippen LogP contribution in [0.1, 0.15) is 17.3 Å². The van der Waals surface area contributed by atoms with Gasteiger partial charge in [0.15, 0.2) is 6.04 Å². The molecule has 1 aliphatic heterocycles. The van der Waals surface area contributed by atoms with Gasteiger partial charge in [0, 0.05) is 17.4 Å². The number of nitrogens with one attached hydrogen (secondary N) is 1. The summed E-state index contributed by atoms with van der Waals surface area (Å²) in [7, 11) is 3.01. The van der Waals surface area contributed by atoms with Crippen LogP contribution in [0.3, 0.4) is 0 Å². The SMILES string of the molecule is COc1ccc(OC)c(SCC(=O)N2CCc3c([nH]c4ccccc34)[C@H]2C(F)(F)F)c1. The Kier molecular flexibility index (Phi) is 5.79. The molecule has 2 heterocycles. The van der Waals surface area contributed by atoms with Crippen LogP contribution in [0.5, 0.6) is 11.5 Å². The molecule has 5 nitrogen and oxygen atoms in total. The second-order valence-corrected chi connectivity index (χ2v) is 8.17. The zero-order chi connectivity index (χ0) is 22.2. The molecule has 31 heavy (non-hydrogen) atoms. The van der Waals surface area contributed by atoms with Crippen molar-refractivity contribution in [1.82, 2.24) is 9.88 Å². The number of nitrogens with zero attached hydrogens (tertiary/aromatic N) is 1. The lowest BCUT2D eigenvalue weighted by Crippen LogP contribution is -2.47. The smallest absolute Gasteiger partial charge is 0.414 e. The zero-order valence-electron chi connectivity index (χ0n) is 17.0. The maximum Gasteiger partial charge on any atom is 0.414 e. The number of aromatic amines is 1. The average Bonchev–Trinajstić information content (AvgIpc) is 3.14. The van der Waals surface area contributed by atoms with Gasteiger partial charge in [-0.25, -0.2) is 0 Å². The number of fused-ring (bicyclic) bond motifs is 3. The summed E-state index contributed by atoms with van der Waals surface area (Å²) in [5.74, 6) is 0.375. The quantitative estimate of drug-likeness (QED) is 0.558. The molecule has 1 amide bonds. The van der Waals surface area contributed by atoms with Crippen molar-refractivity contribution in [2.75, 3.05) is 26.5 Å². The molecule has 4 rings (SSSR count). The molecule has 2 aromatic carbocycles. The van der Waals surface area contributed by atoms with Crippen LogP contribution in [0.4, 0.5) is 13.2 Å². The van der Waals surface area contributed by atoms with Crippen molar-refractivity contribution in [3.63, 3.8) is 0 Å². The van der Waals surface area contributed by atoms with Crippen molar-refractivity contribution in [3.05, 3.63) is 53.7 Å². The largest absolute Gasteiger partial charge is 0.497 e. The van der Waals surface area contributed by atoms with Crippen molar-refractivity contribution in [3.8, 4) is 11.5 Å². The monoisotopic (exact) mass is 450 g/mol. The lowest BCUT2D eigenvalue weighted by atomic mass is 9.97. The maximum atomic E-state index is 14.1. The highest BCUT2D eigenvalue weighted by Gasteiger charge is 2.50. The van der Waals surface area contributed by atoms with Crippen LogP contribution < -0.4 is 9.47 Å². The second kappa shape index (κ2) is 8.37. The van der Waals surface area contributed by atoms with E-state index in [2.05, 4.69) is 4.98 Å². The Bertz CT molecular complexity index is 1110. The highest BCUT2D eigenvalue weighted by atomic mass is 32.2.